The van der Waals surface area contributed by atoms with Gasteiger partial charge < -0.3 is 4.42 Å². The third-order valence-electron chi connectivity index (χ3n) is 5.50. The molecule has 0 unspecified atom stereocenters. The third kappa shape index (κ3) is 3.14. The third-order valence-corrected chi connectivity index (χ3v) is 6.51. The average molecular weight is 400 g/mol. The lowest BCUT2D eigenvalue weighted by Gasteiger charge is -2.20. The Bertz CT molecular complexity index is 1380. The molecule has 0 atom stereocenters. The van der Waals surface area contributed by atoms with E-state index in [-0.39, 0.29) is 5.41 Å². The summed E-state index contributed by atoms with van der Waals surface area (Å²) in [7, 11) is 0. The van der Waals surface area contributed by atoms with Crippen LogP contribution in [0.25, 0.3) is 43.3 Å². The van der Waals surface area contributed by atoms with Gasteiger partial charge in [-0.15, -0.1) is 11.3 Å². The number of hydrogen-bond donors (Lipinski definition) is 0. The number of benzene rings is 2. The summed E-state index contributed by atoms with van der Waals surface area (Å²) < 4.78 is 7.78. The minimum atomic E-state index is 0.233. The van der Waals surface area contributed by atoms with Crippen LogP contribution in [0.1, 0.15) is 36.8 Å². The van der Waals surface area contributed by atoms with Gasteiger partial charge in [0.25, 0.3) is 0 Å². The maximum absolute atomic E-state index is 6.50. The largest absolute Gasteiger partial charge is 0.455 e. The summed E-state index contributed by atoms with van der Waals surface area (Å²) in [5.41, 5.74) is 6.79. The van der Waals surface area contributed by atoms with Gasteiger partial charge in [-0.05, 0) is 67.1 Å². The number of aromatic nitrogens is 1. The van der Waals surface area contributed by atoms with E-state index in [1.165, 1.54) is 31.5 Å². The molecule has 0 spiro atoms. The van der Waals surface area contributed by atoms with Gasteiger partial charge in [-0.2, -0.15) is 0 Å². The van der Waals surface area contributed by atoms with Crippen molar-refractivity contribution in [2.45, 2.75) is 41.0 Å². The Hall–Kier alpha value is -2.65. The van der Waals surface area contributed by atoms with Crippen molar-refractivity contribution in [1.29, 1.82) is 0 Å². The molecule has 0 aliphatic heterocycles. The molecule has 3 aromatic heterocycles. The number of rotatable bonds is 2. The average Bonchev–Trinajstić information content (AvgIpc) is 3.21. The van der Waals surface area contributed by atoms with Gasteiger partial charge in [0.2, 0.25) is 0 Å². The Labute approximate surface area is 175 Å². The fourth-order valence-electron chi connectivity index (χ4n) is 4.17. The van der Waals surface area contributed by atoms with Crippen LogP contribution in [0.4, 0.5) is 0 Å². The summed E-state index contributed by atoms with van der Waals surface area (Å²) in [5.74, 6) is 0. The molecule has 0 saturated heterocycles. The number of aryl methyl sites for hydroxylation is 2. The van der Waals surface area contributed by atoms with Gasteiger partial charge in [0.1, 0.15) is 11.2 Å². The molecule has 0 radical (unpaired) electrons. The van der Waals surface area contributed by atoms with Crippen LogP contribution in [0.2, 0.25) is 0 Å². The Morgan fingerprint density at radius 1 is 0.931 bits per heavy atom. The normalized spacial score (nSPS) is 12.4. The minimum Gasteiger partial charge on any atom is -0.455 e. The molecule has 0 aliphatic rings. The smallest absolute Gasteiger partial charge is 0.144 e. The molecule has 3 heteroatoms. The maximum Gasteiger partial charge on any atom is 0.144 e. The van der Waals surface area contributed by atoms with Gasteiger partial charge in [0, 0.05) is 37.5 Å². The molecule has 2 aromatic carbocycles. The monoisotopic (exact) mass is 399 g/mol. The summed E-state index contributed by atoms with van der Waals surface area (Å²) >= 11 is 1.81. The molecule has 5 rings (SSSR count). The number of pyridine rings is 1. The van der Waals surface area contributed by atoms with Crippen molar-refractivity contribution >= 4 is 43.4 Å². The van der Waals surface area contributed by atoms with E-state index in [1.807, 2.05) is 17.5 Å². The van der Waals surface area contributed by atoms with Crippen LogP contribution in [-0.4, -0.2) is 4.98 Å². The summed E-state index contributed by atoms with van der Waals surface area (Å²) in [4.78, 5) is 6.07. The highest BCUT2D eigenvalue weighted by Crippen LogP contribution is 2.40. The van der Waals surface area contributed by atoms with Crippen molar-refractivity contribution < 1.29 is 4.42 Å². The van der Waals surface area contributed by atoms with Crippen LogP contribution in [0, 0.1) is 19.3 Å². The number of furan rings is 1. The first-order valence-corrected chi connectivity index (χ1v) is 10.9. The Morgan fingerprint density at radius 2 is 1.72 bits per heavy atom. The molecule has 2 nitrogen and oxygen atoms in total. The van der Waals surface area contributed by atoms with Gasteiger partial charge in [-0.25, -0.2) is 0 Å². The van der Waals surface area contributed by atoms with Gasteiger partial charge in [-0.3, -0.25) is 4.98 Å². The Kier molecular flexibility index (Phi) is 4.08. The first-order valence-electron chi connectivity index (χ1n) is 10.1. The molecule has 0 saturated carbocycles. The van der Waals surface area contributed by atoms with Crippen LogP contribution in [0.3, 0.4) is 0 Å². The van der Waals surface area contributed by atoms with E-state index in [2.05, 4.69) is 77.1 Å². The van der Waals surface area contributed by atoms with Gasteiger partial charge in [0.15, 0.2) is 0 Å². The molecule has 146 valence electrons. The molecule has 0 N–H and O–H groups in total. The molecular formula is C26H25NOS. The number of hydrogen-bond acceptors (Lipinski definition) is 3. The van der Waals surface area contributed by atoms with Crippen molar-refractivity contribution in [1.82, 2.24) is 4.98 Å². The zero-order valence-corrected chi connectivity index (χ0v) is 18.4. The summed E-state index contributed by atoms with van der Waals surface area (Å²) in [5, 5.41) is 3.54. The van der Waals surface area contributed by atoms with E-state index in [1.54, 1.807) is 0 Å². The number of thiophene rings is 1. The van der Waals surface area contributed by atoms with Crippen molar-refractivity contribution in [3.63, 3.8) is 0 Å². The summed E-state index contributed by atoms with van der Waals surface area (Å²) in [6.07, 6.45) is 3.03. The molecule has 0 amide bonds. The van der Waals surface area contributed by atoms with E-state index in [0.717, 1.165) is 34.2 Å². The molecule has 29 heavy (non-hydrogen) atoms. The van der Waals surface area contributed by atoms with Crippen molar-refractivity contribution in [3.8, 4) is 11.3 Å². The van der Waals surface area contributed by atoms with Gasteiger partial charge >= 0.3 is 0 Å². The van der Waals surface area contributed by atoms with E-state index >= 15 is 0 Å². The first kappa shape index (κ1) is 18.4. The second kappa shape index (κ2) is 6.43. The van der Waals surface area contributed by atoms with Crippen LogP contribution in [0.5, 0.6) is 0 Å². The zero-order valence-electron chi connectivity index (χ0n) is 17.6. The zero-order chi connectivity index (χ0) is 20.3. The lowest BCUT2D eigenvalue weighted by atomic mass is 9.86. The van der Waals surface area contributed by atoms with Crippen LogP contribution in [0.15, 0.2) is 53.1 Å². The number of fused-ring (bicyclic) bond motifs is 5. The molecule has 0 bridgehead atoms. The molecule has 5 aromatic rings. The SMILES string of the molecule is Cc1cc2c(ccc3c4cccc(-c5cc(CC(C)(C)C)c(C)cn5)c4oc23)s1. The van der Waals surface area contributed by atoms with E-state index < -0.39 is 0 Å². The highest BCUT2D eigenvalue weighted by Gasteiger charge is 2.18. The quantitative estimate of drug-likeness (QED) is 0.300. The van der Waals surface area contributed by atoms with Crippen molar-refractivity contribution in [3.05, 3.63) is 64.7 Å². The maximum atomic E-state index is 6.50. The van der Waals surface area contributed by atoms with E-state index in [0.29, 0.717) is 0 Å². The Balaban J connectivity index is 1.75. The van der Waals surface area contributed by atoms with Crippen LogP contribution < -0.4 is 0 Å². The fraction of sp³-hybridized carbons (Fsp3) is 0.269. The van der Waals surface area contributed by atoms with Gasteiger partial charge in [0.05, 0.1) is 5.69 Å². The lowest BCUT2D eigenvalue weighted by molar-refractivity contribution is 0.410. The van der Waals surface area contributed by atoms with Crippen LogP contribution >= 0.6 is 11.3 Å². The number of nitrogens with zero attached hydrogens (tertiary/aromatic N) is 1. The molecule has 0 aliphatic carbocycles. The first-order chi connectivity index (χ1) is 13.8. The standard InChI is InChI=1S/C26H25NOS/c1-15-14-27-22(12-17(15)13-26(3,4)5)20-8-6-7-18-19-9-10-23-21(11-16(2)29-23)25(19)28-24(18)20/h6-12,14H,13H2,1-5H3. The molecule has 3 heterocycles. The van der Waals surface area contributed by atoms with E-state index in [9.17, 15) is 0 Å². The minimum absolute atomic E-state index is 0.233. The Morgan fingerprint density at radius 3 is 2.52 bits per heavy atom. The van der Waals surface area contributed by atoms with Crippen molar-refractivity contribution in [2.75, 3.05) is 0 Å². The lowest BCUT2D eigenvalue weighted by Crippen LogP contribution is -2.10. The van der Waals surface area contributed by atoms with Crippen molar-refractivity contribution in [2.24, 2.45) is 5.41 Å². The molecule has 0 fully saturated rings. The highest BCUT2D eigenvalue weighted by atomic mass is 32.1. The summed E-state index contributed by atoms with van der Waals surface area (Å²) in [6, 6.07) is 15.3. The van der Waals surface area contributed by atoms with Crippen LogP contribution in [-0.2, 0) is 6.42 Å². The fourth-order valence-corrected chi connectivity index (χ4v) is 5.09. The second-order valence-electron chi connectivity index (χ2n) is 9.23. The number of para-hydroxylation sites is 1. The van der Waals surface area contributed by atoms with Gasteiger partial charge in [-0.1, -0.05) is 32.9 Å². The predicted molar refractivity (Wildman–Crippen MR) is 125 cm³/mol. The topological polar surface area (TPSA) is 26.0 Å². The van der Waals surface area contributed by atoms with E-state index in [4.69, 9.17) is 9.40 Å². The molecular weight excluding hydrogens is 374 g/mol. The highest BCUT2D eigenvalue weighted by molar-refractivity contribution is 7.19. The summed E-state index contributed by atoms with van der Waals surface area (Å²) in [6.45, 7) is 11.1. The predicted octanol–water partition coefficient (Wildman–Crippen LogP) is 8.07. The second-order valence-corrected chi connectivity index (χ2v) is 10.5.